The van der Waals surface area contributed by atoms with Crippen LogP contribution in [-0.4, -0.2) is 47.8 Å². The summed E-state index contributed by atoms with van der Waals surface area (Å²) in [6.45, 7) is 4.91. The summed E-state index contributed by atoms with van der Waals surface area (Å²) in [5.41, 5.74) is 0.791. The molecule has 0 fully saturated rings. The van der Waals surface area contributed by atoms with Crippen LogP contribution in [0, 0.1) is 0 Å². The predicted octanol–water partition coefficient (Wildman–Crippen LogP) is 1.55. The number of amides is 1. The number of nitrogens with zero attached hydrogens (tertiary/aromatic N) is 1. The Balaban J connectivity index is 1.71. The first kappa shape index (κ1) is 15.8. The molecule has 0 saturated heterocycles. The van der Waals surface area contributed by atoms with Crippen LogP contribution in [0.15, 0.2) is 47.9 Å². The molecule has 118 valence electrons. The first-order valence-electron chi connectivity index (χ1n) is 7.01. The molecule has 2 rings (SSSR count). The number of aromatic hydroxyl groups is 1. The molecule has 6 heteroatoms. The molecule has 6 nitrogen and oxygen atoms in total. The minimum absolute atomic E-state index is 0.0454. The number of carbonyl (C=O) groups excluding carboxylic acids is 1. The van der Waals surface area contributed by atoms with Crippen molar-refractivity contribution in [1.82, 2.24) is 10.2 Å². The van der Waals surface area contributed by atoms with Crippen molar-refractivity contribution in [3.8, 4) is 11.5 Å². The van der Waals surface area contributed by atoms with Gasteiger partial charge in [0.2, 0.25) is 0 Å². The third-order valence-electron chi connectivity index (χ3n) is 3.38. The van der Waals surface area contributed by atoms with Gasteiger partial charge in [0.1, 0.15) is 17.3 Å². The number of phenols is 1. The summed E-state index contributed by atoms with van der Waals surface area (Å²) in [4.78, 5) is 13.7. The normalized spacial score (nSPS) is 14.4. The van der Waals surface area contributed by atoms with Gasteiger partial charge < -0.3 is 25.2 Å². The van der Waals surface area contributed by atoms with Crippen molar-refractivity contribution in [2.45, 2.75) is 6.42 Å². The van der Waals surface area contributed by atoms with Crippen LogP contribution < -0.4 is 10.1 Å². The summed E-state index contributed by atoms with van der Waals surface area (Å²) in [7, 11) is 1.77. The van der Waals surface area contributed by atoms with Crippen molar-refractivity contribution < 1.29 is 19.7 Å². The van der Waals surface area contributed by atoms with Gasteiger partial charge in [-0.2, -0.15) is 0 Å². The molecular weight excluding hydrogens is 284 g/mol. The first-order chi connectivity index (χ1) is 10.5. The average Bonchev–Trinajstić information content (AvgIpc) is 2.74. The summed E-state index contributed by atoms with van der Waals surface area (Å²) >= 11 is 0. The quantitative estimate of drug-likeness (QED) is 0.695. The van der Waals surface area contributed by atoms with E-state index in [1.54, 1.807) is 30.1 Å². The standard InChI is InChI=1S/C16H20N2O4/c1-11-15(20)14(10-18(11)2)16(21)17-7-4-8-22-13-6-3-5-12(19)9-13/h3,5-6,9,19-20H,1,4,7-8,10H2,2H3,(H,17,21). The number of nitrogens with one attached hydrogen (secondary N) is 1. The molecule has 0 aromatic heterocycles. The van der Waals surface area contributed by atoms with Crippen molar-refractivity contribution in [2.75, 3.05) is 26.7 Å². The van der Waals surface area contributed by atoms with Crippen molar-refractivity contribution >= 4 is 5.91 Å². The number of rotatable bonds is 6. The number of hydrogen-bond acceptors (Lipinski definition) is 5. The van der Waals surface area contributed by atoms with Gasteiger partial charge in [-0.1, -0.05) is 12.6 Å². The summed E-state index contributed by atoms with van der Waals surface area (Å²) in [6, 6.07) is 6.55. The van der Waals surface area contributed by atoms with Gasteiger partial charge in [-0.05, 0) is 18.6 Å². The van der Waals surface area contributed by atoms with Gasteiger partial charge in [0.15, 0.2) is 0 Å². The highest BCUT2D eigenvalue weighted by molar-refractivity contribution is 5.95. The lowest BCUT2D eigenvalue weighted by Crippen LogP contribution is -2.29. The fourth-order valence-electron chi connectivity index (χ4n) is 2.09. The van der Waals surface area contributed by atoms with E-state index in [1.807, 2.05) is 0 Å². The second-order valence-corrected chi connectivity index (χ2v) is 5.09. The maximum Gasteiger partial charge on any atom is 0.252 e. The number of benzene rings is 1. The molecular formula is C16H20N2O4. The second kappa shape index (κ2) is 6.89. The highest BCUT2D eigenvalue weighted by Gasteiger charge is 2.26. The predicted molar refractivity (Wildman–Crippen MR) is 82.7 cm³/mol. The molecule has 1 amide bonds. The van der Waals surface area contributed by atoms with Crippen LogP contribution in [0.1, 0.15) is 6.42 Å². The first-order valence-corrected chi connectivity index (χ1v) is 7.01. The number of ether oxygens (including phenoxy) is 1. The largest absolute Gasteiger partial charge is 0.508 e. The lowest BCUT2D eigenvalue weighted by Gasteiger charge is -2.11. The van der Waals surface area contributed by atoms with Gasteiger partial charge in [-0.3, -0.25) is 4.79 Å². The fraction of sp³-hybridized carbons (Fsp3) is 0.312. The van der Waals surface area contributed by atoms with Crippen LogP contribution in [0.5, 0.6) is 11.5 Å². The molecule has 1 aromatic carbocycles. The van der Waals surface area contributed by atoms with E-state index in [-0.39, 0.29) is 17.4 Å². The van der Waals surface area contributed by atoms with E-state index in [2.05, 4.69) is 11.9 Å². The maximum atomic E-state index is 12.0. The van der Waals surface area contributed by atoms with Crippen LogP contribution in [0.4, 0.5) is 0 Å². The Morgan fingerprint density at radius 1 is 1.45 bits per heavy atom. The molecule has 0 radical (unpaired) electrons. The highest BCUT2D eigenvalue weighted by Crippen LogP contribution is 2.22. The van der Waals surface area contributed by atoms with Crippen LogP contribution >= 0.6 is 0 Å². The molecule has 0 atom stereocenters. The molecule has 0 saturated carbocycles. The minimum atomic E-state index is -0.291. The third kappa shape index (κ3) is 3.72. The van der Waals surface area contributed by atoms with E-state index in [0.29, 0.717) is 43.1 Å². The molecule has 0 bridgehead atoms. The minimum Gasteiger partial charge on any atom is -0.508 e. The van der Waals surface area contributed by atoms with E-state index >= 15 is 0 Å². The summed E-state index contributed by atoms with van der Waals surface area (Å²) in [5.74, 6) is 0.399. The van der Waals surface area contributed by atoms with E-state index < -0.39 is 0 Å². The SMILES string of the molecule is C=C1C(O)=C(C(=O)NCCCOc2cccc(O)c2)CN1C. The van der Waals surface area contributed by atoms with E-state index in [1.165, 1.54) is 6.07 Å². The second-order valence-electron chi connectivity index (χ2n) is 5.09. The van der Waals surface area contributed by atoms with E-state index in [4.69, 9.17) is 4.74 Å². The monoisotopic (exact) mass is 304 g/mol. The number of phenolic OH excluding ortho intramolecular Hbond substituents is 1. The van der Waals surface area contributed by atoms with Crippen molar-refractivity contribution in [3.05, 3.63) is 47.9 Å². The lowest BCUT2D eigenvalue weighted by atomic mass is 10.2. The maximum absolute atomic E-state index is 12.0. The van der Waals surface area contributed by atoms with Gasteiger partial charge in [0, 0.05) is 19.7 Å². The van der Waals surface area contributed by atoms with Gasteiger partial charge in [-0.25, -0.2) is 0 Å². The molecule has 1 aromatic rings. The lowest BCUT2D eigenvalue weighted by molar-refractivity contribution is -0.117. The number of likely N-dealkylation sites (N-methyl/N-ethyl adjacent to an activating group) is 1. The van der Waals surface area contributed by atoms with Gasteiger partial charge in [-0.15, -0.1) is 0 Å². The molecule has 22 heavy (non-hydrogen) atoms. The Bertz CT molecular complexity index is 610. The Hall–Kier alpha value is -2.63. The Morgan fingerprint density at radius 3 is 2.86 bits per heavy atom. The molecule has 1 aliphatic rings. The van der Waals surface area contributed by atoms with Gasteiger partial charge in [0.05, 0.1) is 24.4 Å². The van der Waals surface area contributed by atoms with Crippen LogP contribution in [-0.2, 0) is 4.79 Å². The van der Waals surface area contributed by atoms with Crippen molar-refractivity contribution in [2.24, 2.45) is 0 Å². The molecule has 0 unspecified atom stereocenters. The Kier molecular flexibility index (Phi) is 4.93. The van der Waals surface area contributed by atoms with Gasteiger partial charge >= 0.3 is 0 Å². The number of carbonyl (C=O) groups is 1. The molecule has 1 aliphatic heterocycles. The third-order valence-corrected chi connectivity index (χ3v) is 3.38. The Morgan fingerprint density at radius 2 is 2.23 bits per heavy atom. The van der Waals surface area contributed by atoms with E-state index in [9.17, 15) is 15.0 Å². The van der Waals surface area contributed by atoms with Crippen LogP contribution in [0.25, 0.3) is 0 Å². The topological polar surface area (TPSA) is 82.0 Å². The zero-order valence-electron chi connectivity index (χ0n) is 12.5. The molecule has 0 aliphatic carbocycles. The number of aliphatic hydroxyl groups is 1. The summed E-state index contributed by atoms with van der Waals surface area (Å²) in [5, 5.41) is 21.8. The van der Waals surface area contributed by atoms with Crippen molar-refractivity contribution in [1.29, 1.82) is 0 Å². The van der Waals surface area contributed by atoms with Crippen LogP contribution in [0.2, 0.25) is 0 Å². The highest BCUT2D eigenvalue weighted by atomic mass is 16.5. The number of hydrogen-bond donors (Lipinski definition) is 3. The number of aliphatic hydroxyl groups excluding tert-OH is 1. The Labute approximate surface area is 129 Å². The van der Waals surface area contributed by atoms with E-state index in [0.717, 1.165) is 0 Å². The molecule has 0 spiro atoms. The molecule has 3 N–H and O–H groups in total. The van der Waals surface area contributed by atoms with Crippen molar-refractivity contribution in [3.63, 3.8) is 0 Å². The summed E-state index contributed by atoms with van der Waals surface area (Å²) < 4.78 is 5.45. The zero-order chi connectivity index (χ0) is 16.1. The van der Waals surface area contributed by atoms with Crippen LogP contribution in [0.3, 0.4) is 0 Å². The van der Waals surface area contributed by atoms with Gasteiger partial charge in [0.25, 0.3) is 5.91 Å². The molecule has 1 heterocycles. The zero-order valence-corrected chi connectivity index (χ0v) is 12.5. The average molecular weight is 304 g/mol. The smallest absolute Gasteiger partial charge is 0.252 e. The summed E-state index contributed by atoms with van der Waals surface area (Å²) in [6.07, 6.45) is 0.617. The fourth-order valence-corrected chi connectivity index (χ4v) is 2.09.